The third kappa shape index (κ3) is 4.95. The van der Waals surface area contributed by atoms with E-state index in [4.69, 9.17) is 0 Å². The summed E-state index contributed by atoms with van der Waals surface area (Å²) in [6.07, 6.45) is 4.46. The smallest absolute Gasteiger partial charge is 0.243 e. The van der Waals surface area contributed by atoms with Crippen molar-refractivity contribution in [2.24, 2.45) is 5.92 Å². The first-order chi connectivity index (χ1) is 13.7. The summed E-state index contributed by atoms with van der Waals surface area (Å²) in [6, 6.07) is 2.45. The van der Waals surface area contributed by atoms with Crippen LogP contribution in [0, 0.1) is 17.6 Å². The number of carbonyl (C=O) groups excluding carboxylic acids is 1. The molecule has 1 heterocycles. The van der Waals surface area contributed by atoms with Gasteiger partial charge in [0.1, 0.15) is 0 Å². The molecule has 1 aromatic rings. The van der Waals surface area contributed by atoms with E-state index in [1.54, 1.807) is 0 Å². The van der Waals surface area contributed by atoms with Crippen LogP contribution in [-0.4, -0.2) is 61.8 Å². The van der Waals surface area contributed by atoms with Crippen LogP contribution in [0.2, 0.25) is 0 Å². The summed E-state index contributed by atoms with van der Waals surface area (Å²) in [6.45, 7) is 5.19. The van der Waals surface area contributed by atoms with E-state index in [0.29, 0.717) is 25.1 Å². The van der Waals surface area contributed by atoms with Crippen LogP contribution in [0.1, 0.15) is 39.5 Å². The van der Waals surface area contributed by atoms with Crippen molar-refractivity contribution >= 4 is 15.9 Å². The van der Waals surface area contributed by atoms with E-state index in [-0.39, 0.29) is 36.0 Å². The Morgan fingerprint density at radius 1 is 1.10 bits per heavy atom. The molecule has 0 aromatic heterocycles. The Hall–Kier alpha value is -1.58. The van der Waals surface area contributed by atoms with Gasteiger partial charge in [0.05, 0.1) is 10.9 Å². The number of hydrogen-bond donors (Lipinski definition) is 1. The van der Waals surface area contributed by atoms with Gasteiger partial charge in [-0.05, 0) is 43.9 Å². The maximum atomic E-state index is 13.4. The van der Waals surface area contributed by atoms with Crippen molar-refractivity contribution in [3.8, 4) is 0 Å². The van der Waals surface area contributed by atoms with Gasteiger partial charge in [0.25, 0.3) is 0 Å². The number of carbonyl (C=O) groups is 1. The molecule has 29 heavy (non-hydrogen) atoms. The molecule has 1 saturated heterocycles. The third-order valence-corrected chi connectivity index (χ3v) is 8.06. The fourth-order valence-corrected chi connectivity index (χ4v) is 5.55. The molecular formula is C20H29F2N3O3S. The van der Waals surface area contributed by atoms with E-state index >= 15 is 0 Å². The summed E-state index contributed by atoms with van der Waals surface area (Å²) in [5.41, 5.74) is 0. The number of halogens is 2. The molecule has 1 aromatic carbocycles. The zero-order chi connectivity index (χ0) is 21.2. The summed E-state index contributed by atoms with van der Waals surface area (Å²) in [7, 11) is -3.90. The van der Waals surface area contributed by atoms with Crippen molar-refractivity contribution < 1.29 is 22.0 Å². The average Bonchev–Trinajstić information content (AvgIpc) is 2.71. The lowest BCUT2D eigenvalue weighted by Gasteiger charge is -2.38. The van der Waals surface area contributed by atoms with Gasteiger partial charge in [0.15, 0.2) is 11.6 Å². The van der Waals surface area contributed by atoms with Gasteiger partial charge >= 0.3 is 0 Å². The highest BCUT2D eigenvalue weighted by Crippen LogP contribution is 2.24. The molecular weight excluding hydrogens is 400 g/mol. The molecule has 1 amide bonds. The molecule has 9 heteroatoms. The Balaban J connectivity index is 1.57. The zero-order valence-electron chi connectivity index (χ0n) is 16.9. The van der Waals surface area contributed by atoms with Gasteiger partial charge in [-0.1, -0.05) is 19.8 Å². The Labute approximate surface area is 171 Å². The largest absolute Gasteiger partial charge is 0.352 e. The Bertz CT molecular complexity index is 841. The predicted octanol–water partition coefficient (Wildman–Crippen LogP) is 2.35. The number of benzene rings is 1. The molecule has 1 aliphatic heterocycles. The van der Waals surface area contributed by atoms with Crippen LogP contribution in [0.5, 0.6) is 0 Å². The monoisotopic (exact) mass is 429 g/mol. The van der Waals surface area contributed by atoms with Crippen molar-refractivity contribution in [2.75, 3.05) is 26.2 Å². The van der Waals surface area contributed by atoms with Crippen LogP contribution in [0.15, 0.2) is 23.1 Å². The zero-order valence-corrected chi connectivity index (χ0v) is 17.7. The van der Waals surface area contributed by atoms with Crippen molar-refractivity contribution in [2.45, 2.75) is 56.5 Å². The molecule has 3 atom stereocenters. The van der Waals surface area contributed by atoms with Gasteiger partial charge < -0.3 is 5.32 Å². The Morgan fingerprint density at radius 3 is 2.38 bits per heavy atom. The quantitative estimate of drug-likeness (QED) is 0.780. The minimum Gasteiger partial charge on any atom is -0.352 e. The molecule has 1 saturated carbocycles. The summed E-state index contributed by atoms with van der Waals surface area (Å²) in [5.74, 6) is -1.83. The SMILES string of the molecule is CC1CCCCC1NC(=O)C(C)N1CCN(S(=O)(=O)c2ccc(F)c(F)c2)CC1. The maximum Gasteiger partial charge on any atom is 0.243 e. The van der Waals surface area contributed by atoms with Gasteiger partial charge in [0.2, 0.25) is 15.9 Å². The number of rotatable bonds is 5. The minimum absolute atomic E-state index is 0.0272. The van der Waals surface area contributed by atoms with E-state index in [0.717, 1.165) is 31.4 Å². The second kappa shape index (κ2) is 9.06. The fourth-order valence-electron chi connectivity index (χ4n) is 4.12. The average molecular weight is 430 g/mol. The van der Waals surface area contributed by atoms with E-state index in [2.05, 4.69) is 12.2 Å². The molecule has 3 unspecified atom stereocenters. The van der Waals surface area contributed by atoms with Crippen molar-refractivity contribution in [3.63, 3.8) is 0 Å². The first-order valence-electron chi connectivity index (χ1n) is 10.2. The van der Waals surface area contributed by atoms with Crippen LogP contribution in [0.3, 0.4) is 0 Å². The van der Waals surface area contributed by atoms with Crippen LogP contribution in [-0.2, 0) is 14.8 Å². The second-order valence-electron chi connectivity index (χ2n) is 8.07. The molecule has 0 spiro atoms. The lowest BCUT2D eigenvalue weighted by atomic mass is 9.86. The van der Waals surface area contributed by atoms with E-state index in [1.165, 1.54) is 10.7 Å². The standard InChI is InChI=1S/C20H29F2N3O3S/c1-14-5-3-4-6-19(14)23-20(26)15(2)24-9-11-25(12-10-24)29(27,28)16-7-8-17(21)18(22)13-16/h7-8,13-15,19H,3-6,9-12H2,1-2H3,(H,23,26). The second-order valence-corrected chi connectivity index (χ2v) is 10.0. The minimum atomic E-state index is -3.90. The topological polar surface area (TPSA) is 69.7 Å². The highest BCUT2D eigenvalue weighted by Gasteiger charge is 2.33. The lowest BCUT2D eigenvalue weighted by molar-refractivity contribution is -0.127. The van der Waals surface area contributed by atoms with Gasteiger partial charge in [0, 0.05) is 32.2 Å². The summed E-state index contributed by atoms with van der Waals surface area (Å²) < 4.78 is 53.2. The molecule has 0 radical (unpaired) electrons. The van der Waals surface area contributed by atoms with Gasteiger partial charge in [-0.15, -0.1) is 0 Å². The van der Waals surface area contributed by atoms with E-state index < -0.39 is 21.7 Å². The number of nitrogens with one attached hydrogen (secondary N) is 1. The first-order valence-corrected chi connectivity index (χ1v) is 11.6. The van der Waals surface area contributed by atoms with Crippen molar-refractivity contribution in [3.05, 3.63) is 29.8 Å². The predicted molar refractivity (Wildman–Crippen MR) is 106 cm³/mol. The summed E-state index contributed by atoms with van der Waals surface area (Å²) in [4.78, 5) is 14.4. The normalized spacial score (nSPS) is 25.5. The number of nitrogens with zero attached hydrogens (tertiary/aromatic N) is 2. The molecule has 1 N–H and O–H groups in total. The van der Waals surface area contributed by atoms with Crippen molar-refractivity contribution in [1.29, 1.82) is 0 Å². The molecule has 2 aliphatic rings. The van der Waals surface area contributed by atoms with Crippen LogP contribution >= 0.6 is 0 Å². The van der Waals surface area contributed by atoms with Crippen molar-refractivity contribution in [1.82, 2.24) is 14.5 Å². The Kier molecular flexibility index (Phi) is 6.90. The molecule has 1 aliphatic carbocycles. The summed E-state index contributed by atoms with van der Waals surface area (Å²) in [5, 5.41) is 3.15. The molecule has 162 valence electrons. The number of amides is 1. The van der Waals surface area contributed by atoms with Crippen LogP contribution in [0.25, 0.3) is 0 Å². The van der Waals surface area contributed by atoms with Gasteiger partial charge in [-0.25, -0.2) is 17.2 Å². The summed E-state index contributed by atoms with van der Waals surface area (Å²) >= 11 is 0. The maximum absolute atomic E-state index is 13.4. The highest BCUT2D eigenvalue weighted by molar-refractivity contribution is 7.89. The van der Waals surface area contributed by atoms with Gasteiger partial charge in [-0.3, -0.25) is 9.69 Å². The lowest BCUT2D eigenvalue weighted by Crippen LogP contribution is -2.56. The fraction of sp³-hybridized carbons (Fsp3) is 0.650. The first kappa shape index (κ1) is 22.1. The number of piperazine rings is 1. The van der Waals surface area contributed by atoms with Crippen LogP contribution in [0.4, 0.5) is 8.78 Å². The molecule has 0 bridgehead atoms. The Morgan fingerprint density at radius 2 is 1.76 bits per heavy atom. The molecule has 2 fully saturated rings. The molecule has 3 rings (SSSR count). The highest BCUT2D eigenvalue weighted by atomic mass is 32.2. The van der Waals surface area contributed by atoms with Gasteiger partial charge in [-0.2, -0.15) is 4.31 Å². The van der Waals surface area contributed by atoms with E-state index in [1.807, 2.05) is 11.8 Å². The number of hydrogen-bond acceptors (Lipinski definition) is 4. The van der Waals surface area contributed by atoms with Crippen LogP contribution < -0.4 is 5.32 Å². The van der Waals surface area contributed by atoms with E-state index in [9.17, 15) is 22.0 Å². The number of sulfonamides is 1. The third-order valence-electron chi connectivity index (χ3n) is 6.17. The molecule has 6 nitrogen and oxygen atoms in total.